The summed E-state index contributed by atoms with van der Waals surface area (Å²) < 4.78 is 6.27. The van der Waals surface area contributed by atoms with Gasteiger partial charge in [-0.2, -0.15) is 0 Å². The maximum Gasteiger partial charge on any atom is 0.229 e. The lowest BCUT2D eigenvalue weighted by molar-refractivity contribution is -0.117. The first-order chi connectivity index (χ1) is 9.21. The van der Waals surface area contributed by atoms with Gasteiger partial charge in [0.1, 0.15) is 5.75 Å². The number of nitrogens with zero attached hydrogens (tertiary/aromatic N) is 2. The molecular formula is C13H13BrN2O2S. The summed E-state index contributed by atoms with van der Waals surface area (Å²) in [7, 11) is 1.64. The minimum absolute atomic E-state index is 0.162. The number of thiazole rings is 1. The molecule has 1 amide bonds. The van der Waals surface area contributed by atoms with Crippen LogP contribution in [-0.2, 0) is 4.79 Å². The van der Waals surface area contributed by atoms with Crippen molar-refractivity contribution in [1.29, 1.82) is 0 Å². The number of alkyl halides is 1. The summed E-state index contributed by atoms with van der Waals surface area (Å²) in [4.78, 5) is 18.3. The zero-order valence-corrected chi connectivity index (χ0v) is 12.8. The Labute approximate surface area is 123 Å². The lowest BCUT2D eigenvalue weighted by Crippen LogP contribution is -2.24. The zero-order valence-electron chi connectivity index (χ0n) is 10.4. The van der Waals surface area contributed by atoms with Gasteiger partial charge in [0.2, 0.25) is 5.91 Å². The molecule has 1 fully saturated rings. The number of fused-ring (bicyclic) bond motifs is 1. The summed E-state index contributed by atoms with van der Waals surface area (Å²) in [5, 5.41) is 1.64. The van der Waals surface area contributed by atoms with Crippen molar-refractivity contribution in [3.05, 3.63) is 18.2 Å². The Morgan fingerprint density at radius 3 is 3.11 bits per heavy atom. The molecule has 100 valence electrons. The van der Waals surface area contributed by atoms with Crippen LogP contribution in [0.15, 0.2) is 18.2 Å². The van der Waals surface area contributed by atoms with Gasteiger partial charge in [-0.3, -0.25) is 9.69 Å². The van der Waals surface area contributed by atoms with Gasteiger partial charge in [-0.05, 0) is 18.1 Å². The Hall–Kier alpha value is -1.14. The second-order valence-corrected chi connectivity index (χ2v) is 6.22. The fourth-order valence-corrected chi connectivity index (χ4v) is 3.61. The molecule has 1 saturated heterocycles. The van der Waals surface area contributed by atoms with Crippen molar-refractivity contribution in [2.45, 2.75) is 6.42 Å². The highest BCUT2D eigenvalue weighted by Gasteiger charge is 2.31. The number of anilines is 1. The van der Waals surface area contributed by atoms with Crippen molar-refractivity contribution in [2.24, 2.45) is 5.92 Å². The SMILES string of the molecule is COc1ccc2sc(N3CC(CBr)CC3=O)nc2c1. The maximum atomic E-state index is 12.0. The minimum atomic E-state index is 0.162. The molecule has 1 aliphatic rings. The van der Waals surface area contributed by atoms with Gasteiger partial charge in [-0.25, -0.2) is 4.98 Å². The van der Waals surface area contributed by atoms with Crippen LogP contribution in [0.5, 0.6) is 5.75 Å². The lowest BCUT2D eigenvalue weighted by atomic mass is 10.2. The third kappa shape index (κ3) is 2.34. The summed E-state index contributed by atoms with van der Waals surface area (Å²) in [6.45, 7) is 0.751. The molecule has 1 aliphatic heterocycles. The van der Waals surface area contributed by atoms with Gasteiger partial charge in [0, 0.05) is 24.4 Å². The molecule has 0 N–H and O–H groups in total. The standard InChI is InChI=1S/C13H13BrN2O2S/c1-18-9-2-3-11-10(5-9)15-13(19-11)16-7-8(6-14)4-12(16)17/h2-3,5,8H,4,6-7H2,1H3. The number of aromatic nitrogens is 1. The van der Waals surface area contributed by atoms with E-state index in [0.717, 1.165) is 33.0 Å². The number of amides is 1. The van der Waals surface area contributed by atoms with Gasteiger partial charge in [-0.15, -0.1) is 0 Å². The van der Waals surface area contributed by atoms with E-state index in [1.807, 2.05) is 18.2 Å². The fraction of sp³-hybridized carbons (Fsp3) is 0.385. The third-order valence-electron chi connectivity index (χ3n) is 3.24. The predicted molar refractivity (Wildman–Crippen MR) is 80.4 cm³/mol. The van der Waals surface area contributed by atoms with E-state index in [0.29, 0.717) is 12.3 Å². The predicted octanol–water partition coefficient (Wildman–Crippen LogP) is 3.05. The van der Waals surface area contributed by atoms with Gasteiger partial charge in [0.05, 0.1) is 17.3 Å². The van der Waals surface area contributed by atoms with Crippen molar-refractivity contribution in [3.63, 3.8) is 0 Å². The van der Waals surface area contributed by atoms with E-state index in [-0.39, 0.29) is 5.91 Å². The molecule has 1 aromatic carbocycles. The second kappa shape index (κ2) is 5.09. The monoisotopic (exact) mass is 340 g/mol. The van der Waals surface area contributed by atoms with Crippen LogP contribution < -0.4 is 9.64 Å². The number of hydrogen-bond acceptors (Lipinski definition) is 4. The summed E-state index contributed by atoms with van der Waals surface area (Å²) in [5.74, 6) is 1.33. The summed E-state index contributed by atoms with van der Waals surface area (Å²) in [5.41, 5.74) is 0.884. The van der Waals surface area contributed by atoms with Crippen molar-refractivity contribution < 1.29 is 9.53 Å². The first kappa shape index (κ1) is 12.9. The minimum Gasteiger partial charge on any atom is -0.497 e. The van der Waals surface area contributed by atoms with Gasteiger partial charge in [-0.1, -0.05) is 27.3 Å². The summed E-state index contributed by atoms with van der Waals surface area (Å²) >= 11 is 5.00. The van der Waals surface area contributed by atoms with E-state index in [9.17, 15) is 4.79 Å². The summed E-state index contributed by atoms with van der Waals surface area (Å²) in [6.07, 6.45) is 0.602. The van der Waals surface area contributed by atoms with E-state index in [2.05, 4.69) is 20.9 Å². The van der Waals surface area contributed by atoms with Gasteiger partial charge >= 0.3 is 0 Å². The van der Waals surface area contributed by atoms with Crippen LogP contribution in [-0.4, -0.2) is 29.9 Å². The molecule has 4 nitrogen and oxygen atoms in total. The number of ether oxygens (including phenoxy) is 1. The van der Waals surface area contributed by atoms with Crippen molar-refractivity contribution in [3.8, 4) is 5.75 Å². The number of carbonyl (C=O) groups is 1. The molecule has 0 radical (unpaired) electrons. The van der Waals surface area contributed by atoms with E-state index >= 15 is 0 Å². The highest BCUT2D eigenvalue weighted by molar-refractivity contribution is 9.09. The molecule has 1 atom stereocenters. The Kier molecular flexibility index (Phi) is 3.45. The molecule has 3 rings (SSSR count). The molecule has 0 aliphatic carbocycles. The normalized spacial score (nSPS) is 19.4. The van der Waals surface area contributed by atoms with Gasteiger partial charge < -0.3 is 4.74 Å². The van der Waals surface area contributed by atoms with Crippen LogP contribution in [0.2, 0.25) is 0 Å². The number of carbonyl (C=O) groups excluding carboxylic acids is 1. The number of hydrogen-bond donors (Lipinski definition) is 0. The fourth-order valence-electron chi connectivity index (χ4n) is 2.21. The highest BCUT2D eigenvalue weighted by Crippen LogP contribution is 2.34. The first-order valence-electron chi connectivity index (χ1n) is 6.02. The molecule has 6 heteroatoms. The van der Waals surface area contributed by atoms with E-state index in [1.54, 1.807) is 23.3 Å². The average molecular weight is 341 g/mol. The van der Waals surface area contributed by atoms with Crippen LogP contribution >= 0.6 is 27.3 Å². The summed E-state index contributed by atoms with van der Waals surface area (Å²) in [6, 6.07) is 5.80. The van der Waals surface area contributed by atoms with Crippen LogP contribution in [0.1, 0.15) is 6.42 Å². The molecule has 0 bridgehead atoms. The van der Waals surface area contributed by atoms with E-state index in [4.69, 9.17) is 4.74 Å². The molecule has 2 aromatic rings. The second-order valence-electron chi connectivity index (χ2n) is 4.56. The van der Waals surface area contributed by atoms with Crippen LogP contribution in [0.3, 0.4) is 0 Å². The number of halogens is 1. The van der Waals surface area contributed by atoms with Crippen LogP contribution in [0.4, 0.5) is 5.13 Å². The topological polar surface area (TPSA) is 42.4 Å². The van der Waals surface area contributed by atoms with Crippen molar-refractivity contribution >= 4 is 48.5 Å². The Bertz CT molecular complexity index is 628. The van der Waals surface area contributed by atoms with Gasteiger partial charge in [0.25, 0.3) is 0 Å². The third-order valence-corrected chi connectivity index (χ3v) is 5.21. The Morgan fingerprint density at radius 1 is 1.58 bits per heavy atom. The lowest BCUT2D eigenvalue weighted by Gasteiger charge is -2.11. The van der Waals surface area contributed by atoms with Crippen LogP contribution in [0.25, 0.3) is 10.2 Å². The molecule has 1 aromatic heterocycles. The molecule has 0 saturated carbocycles. The Morgan fingerprint density at radius 2 is 2.42 bits per heavy atom. The smallest absolute Gasteiger partial charge is 0.229 e. The number of methoxy groups -OCH3 is 1. The van der Waals surface area contributed by atoms with Crippen molar-refractivity contribution in [2.75, 3.05) is 23.9 Å². The average Bonchev–Trinajstić information content (AvgIpc) is 3.00. The molecule has 2 heterocycles. The van der Waals surface area contributed by atoms with E-state index in [1.165, 1.54) is 0 Å². The quantitative estimate of drug-likeness (QED) is 0.806. The highest BCUT2D eigenvalue weighted by atomic mass is 79.9. The van der Waals surface area contributed by atoms with Crippen LogP contribution in [0, 0.1) is 5.92 Å². The molecule has 1 unspecified atom stereocenters. The first-order valence-corrected chi connectivity index (χ1v) is 7.96. The zero-order chi connectivity index (χ0) is 13.4. The van der Waals surface area contributed by atoms with E-state index < -0.39 is 0 Å². The van der Waals surface area contributed by atoms with Gasteiger partial charge in [0.15, 0.2) is 5.13 Å². The molecule has 0 spiro atoms. The number of rotatable bonds is 3. The molecular weight excluding hydrogens is 328 g/mol. The molecule has 19 heavy (non-hydrogen) atoms. The number of benzene rings is 1. The Balaban J connectivity index is 1.95. The maximum absolute atomic E-state index is 12.0. The van der Waals surface area contributed by atoms with Crippen molar-refractivity contribution in [1.82, 2.24) is 4.98 Å². The largest absolute Gasteiger partial charge is 0.497 e.